The summed E-state index contributed by atoms with van der Waals surface area (Å²) >= 11 is 3.80. The first-order valence-electron chi connectivity index (χ1n) is 22.3. The van der Waals surface area contributed by atoms with Gasteiger partial charge in [-0.3, -0.25) is 43.0 Å². The minimum absolute atomic E-state index is 0.0511. The standard InChI is InChI=1S/C18H19IN2O4.C18H20N2O4.C11H13IN2O4/c19-13-8-21(17(24)20-16(13)23)14-6-15(22)18(7-12(14)18)10-25-9-11-4-2-1-3-5-11;21-15-8-14(20-7-6-16(22)19-17(20)23)13-9-18(13,15)11-24-10-12-4-2-1-3-5-12;12-6-3-14(10(18)13-9(6)17)7-1-8(16)11(4-15)2-5(7)11/h1-5,8,12,14-15,22H,6-7,9-10H2,(H,20,23,24);1-7,13-15,21H,8-11H2,(H,19,22,23);3,5,7-8,15-16H,1-2,4H2,(H,13,17,18)/t12-,14+,15+,18-;13-,14+,15+,18-;5-,7+,8+,11-/m111/s1. The van der Waals surface area contributed by atoms with Gasteiger partial charge >= 0.3 is 17.1 Å². The fourth-order valence-corrected chi connectivity index (χ4v) is 12.2. The third-order valence-corrected chi connectivity index (χ3v) is 16.9. The summed E-state index contributed by atoms with van der Waals surface area (Å²) in [4.78, 5) is 76.9. The van der Waals surface area contributed by atoms with E-state index in [0.717, 1.165) is 30.4 Å². The third-order valence-electron chi connectivity index (χ3n) is 15.3. The zero-order valence-corrected chi connectivity index (χ0v) is 40.5. The van der Waals surface area contributed by atoms with Crippen molar-refractivity contribution in [2.75, 3.05) is 19.8 Å². The largest absolute Gasteiger partial charge is 0.396 e. The third kappa shape index (κ3) is 9.19. The van der Waals surface area contributed by atoms with Crippen molar-refractivity contribution in [3.05, 3.63) is 166 Å². The number of halogens is 2. The van der Waals surface area contributed by atoms with Crippen molar-refractivity contribution in [2.24, 2.45) is 34.0 Å². The van der Waals surface area contributed by atoms with Crippen LogP contribution in [-0.4, -0.2) is 87.2 Å². The van der Waals surface area contributed by atoms with Crippen molar-refractivity contribution < 1.29 is 29.9 Å². The van der Waals surface area contributed by atoms with Gasteiger partial charge in [-0.1, -0.05) is 60.7 Å². The molecule has 12 atom stereocenters. The zero-order chi connectivity index (χ0) is 47.4. The van der Waals surface area contributed by atoms with Gasteiger partial charge in [0.1, 0.15) is 0 Å². The lowest BCUT2D eigenvalue weighted by Gasteiger charge is -2.18. The Morgan fingerprint density at radius 2 is 0.940 bits per heavy atom. The molecule has 11 rings (SSSR count). The molecule has 6 aliphatic rings. The molecule has 67 heavy (non-hydrogen) atoms. The maximum absolute atomic E-state index is 12.1. The van der Waals surface area contributed by atoms with Crippen molar-refractivity contribution in [3.8, 4) is 0 Å². The number of aromatic nitrogens is 6. The lowest BCUT2D eigenvalue weighted by atomic mass is 10.0. The summed E-state index contributed by atoms with van der Waals surface area (Å²) < 4.78 is 17.2. The van der Waals surface area contributed by atoms with E-state index < -0.39 is 46.4 Å². The Labute approximate surface area is 409 Å². The molecule has 5 aromatic rings. The Bertz CT molecular complexity index is 2980. The summed E-state index contributed by atoms with van der Waals surface area (Å²) in [7, 11) is 0. The van der Waals surface area contributed by atoms with E-state index in [9.17, 15) is 49.2 Å². The predicted octanol–water partition coefficient (Wildman–Crippen LogP) is 2.18. The predicted molar refractivity (Wildman–Crippen MR) is 259 cm³/mol. The van der Waals surface area contributed by atoms with E-state index in [1.807, 2.05) is 106 Å². The molecule has 0 unspecified atom stereocenters. The van der Waals surface area contributed by atoms with Crippen molar-refractivity contribution in [3.63, 3.8) is 0 Å². The van der Waals surface area contributed by atoms with Crippen molar-refractivity contribution in [1.29, 1.82) is 0 Å². The van der Waals surface area contributed by atoms with Gasteiger partial charge in [0.05, 0.1) is 58.5 Å². The molecule has 20 heteroatoms. The van der Waals surface area contributed by atoms with E-state index in [4.69, 9.17) is 9.47 Å². The first-order chi connectivity index (χ1) is 32.1. The second-order valence-corrected chi connectivity index (χ2v) is 21.3. The molecular formula is C47H52I2N6O12. The van der Waals surface area contributed by atoms with Gasteiger partial charge in [0.25, 0.3) is 16.7 Å². The first kappa shape index (κ1) is 47.8. The Morgan fingerprint density at radius 3 is 1.33 bits per heavy atom. The number of hydrogen-bond acceptors (Lipinski definition) is 12. The molecule has 0 radical (unpaired) electrons. The molecule has 7 N–H and O–H groups in total. The molecule has 6 aliphatic carbocycles. The van der Waals surface area contributed by atoms with Crippen LogP contribution in [0.5, 0.6) is 0 Å². The van der Waals surface area contributed by atoms with Crippen LogP contribution in [0.1, 0.15) is 67.8 Å². The van der Waals surface area contributed by atoms with Gasteiger partial charge in [-0.2, -0.15) is 0 Å². The SMILES string of the molecule is O=c1[nH]c(=O)n([C@H]2C[C@H](O)[C@@]3(CO)C[C@H]23)cc1I.O=c1[nH]c(=O)n([C@H]2C[C@H](O)[C@@]3(COCc4ccccc4)C[C@H]23)cc1I.O=c1ccn([C@H]2C[C@H](O)[C@@]3(COCc4ccccc4)C[C@H]23)c(=O)[nH]1. The molecule has 0 aliphatic heterocycles. The minimum Gasteiger partial charge on any atom is -0.396 e. The second kappa shape index (κ2) is 18.9. The van der Waals surface area contributed by atoms with Crippen LogP contribution < -0.4 is 33.7 Å². The molecule has 0 amide bonds. The lowest BCUT2D eigenvalue weighted by Crippen LogP contribution is -2.34. The van der Waals surface area contributed by atoms with E-state index in [0.29, 0.717) is 52.8 Å². The number of ether oxygens (including phenoxy) is 2. The van der Waals surface area contributed by atoms with Crippen molar-refractivity contribution >= 4 is 45.2 Å². The van der Waals surface area contributed by atoms with Gasteiger partial charge in [-0.05, 0) is 113 Å². The highest BCUT2D eigenvalue weighted by Gasteiger charge is 2.69. The van der Waals surface area contributed by atoms with Crippen LogP contribution >= 0.6 is 45.2 Å². The molecule has 2 aromatic carbocycles. The number of nitrogens with zero attached hydrogens (tertiary/aromatic N) is 3. The average molecular weight is 1150 g/mol. The number of aromatic amines is 3. The fraction of sp³-hybridized carbons (Fsp3) is 0.489. The van der Waals surface area contributed by atoms with Crippen LogP contribution in [0.3, 0.4) is 0 Å². The number of fused-ring (bicyclic) bond motifs is 3. The molecule has 0 saturated heterocycles. The highest BCUT2D eigenvalue weighted by Crippen LogP contribution is 2.69. The maximum atomic E-state index is 12.1. The van der Waals surface area contributed by atoms with Crippen LogP contribution in [0, 0.1) is 41.1 Å². The minimum atomic E-state index is -0.575. The number of aliphatic hydroxyl groups is 4. The van der Waals surface area contributed by atoms with Gasteiger partial charge in [-0.25, -0.2) is 14.4 Å². The summed E-state index contributed by atoms with van der Waals surface area (Å²) in [5.41, 5.74) is -1.16. The van der Waals surface area contributed by atoms with Gasteiger partial charge in [-0.15, -0.1) is 0 Å². The smallest absolute Gasteiger partial charge is 0.328 e. The zero-order valence-electron chi connectivity index (χ0n) is 36.2. The van der Waals surface area contributed by atoms with Gasteiger partial charge in [0, 0.05) is 59.0 Å². The quantitative estimate of drug-likeness (QED) is 0.0888. The van der Waals surface area contributed by atoms with Crippen LogP contribution in [0.2, 0.25) is 0 Å². The Hall–Kier alpha value is -4.30. The van der Waals surface area contributed by atoms with Gasteiger partial charge in [0.2, 0.25) is 0 Å². The Balaban J connectivity index is 0.000000128. The Morgan fingerprint density at radius 1 is 0.552 bits per heavy atom. The van der Waals surface area contributed by atoms with Crippen LogP contribution in [-0.2, 0) is 22.7 Å². The van der Waals surface area contributed by atoms with E-state index >= 15 is 0 Å². The number of H-pyrrole nitrogens is 3. The number of hydrogen-bond donors (Lipinski definition) is 7. The molecule has 18 nitrogen and oxygen atoms in total. The molecule has 3 aromatic heterocycles. The lowest BCUT2D eigenvalue weighted by molar-refractivity contribution is 0.0132. The highest BCUT2D eigenvalue weighted by atomic mass is 127. The second-order valence-electron chi connectivity index (χ2n) is 19.0. The van der Waals surface area contributed by atoms with E-state index in [-0.39, 0.29) is 64.4 Å². The molecule has 6 saturated carbocycles. The Kier molecular flexibility index (Phi) is 13.5. The van der Waals surface area contributed by atoms with E-state index in [1.165, 1.54) is 23.0 Å². The number of aliphatic hydroxyl groups excluding tert-OH is 4. The summed E-state index contributed by atoms with van der Waals surface area (Å²) in [6.45, 7) is 1.96. The van der Waals surface area contributed by atoms with Crippen molar-refractivity contribution in [1.82, 2.24) is 28.7 Å². The number of benzene rings is 2. The first-order valence-corrected chi connectivity index (χ1v) is 24.5. The van der Waals surface area contributed by atoms with Crippen LogP contribution in [0.15, 0.2) is 114 Å². The highest BCUT2D eigenvalue weighted by molar-refractivity contribution is 14.1. The normalized spacial score (nSPS) is 32.5. The van der Waals surface area contributed by atoms with Crippen molar-refractivity contribution in [2.45, 2.75) is 88.2 Å². The van der Waals surface area contributed by atoms with Gasteiger partial charge in [0.15, 0.2) is 0 Å². The molecule has 3 heterocycles. The van der Waals surface area contributed by atoms with Crippen LogP contribution in [0.25, 0.3) is 0 Å². The van der Waals surface area contributed by atoms with E-state index in [1.54, 1.807) is 15.3 Å². The average Bonchev–Trinajstić information content (AvgIpc) is 4.26. The summed E-state index contributed by atoms with van der Waals surface area (Å²) in [5, 5.41) is 40.4. The van der Waals surface area contributed by atoms with Gasteiger partial charge < -0.3 is 29.9 Å². The molecule has 356 valence electrons. The molecule has 6 fully saturated rings. The number of rotatable bonds is 12. The summed E-state index contributed by atoms with van der Waals surface area (Å²) in [5.74, 6) is 0.543. The topological polar surface area (TPSA) is 264 Å². The molecule has 0 bridgehead atoms. The summed E-state index contributed by atoms with van der Waals surface area (Å²) in [6.07, 6.45) is 7.01. The maximum Gasteiger partial charge on any atom is 0.328 e. The monoisotopic (exact) mass is 1150 g/mol. The van der Waals surface area contributed by atoms with Crippen LogP contribution in [0.4, 0.5) is 0 Å². The molecule has 0 spiro atoms. The fourth-order valence-electron chi connectivity index (χ4n) is 11.3. The molecular weight excluding hydrogens is 1090 g/mol. The van der Waals surface area contributed by atoms with E-state index in [2.05, 4.69) is 15.0 Å². The number of nitrogens with one attached hydrogen (secondary N) is 3. The summed E-state index contributed by atoms with van der Waals surface area (Å²) in [6, 6.07) is 20.9.